The van der Waals surface area contributed by atoms with E-state index in [4.69, 9.17) is 15.4 Å². The minimum Gasteiger partial charge on any atom is -0.454 e. The van der Waals surface area contributed by atoms with Gasteiger partial charge in [0.05, 0.1) is 6.54 Å². The smallest absolute Gasteiger partial charge is 0.301 e. The third-order valence-electron chi connectivity index (χ3n) is 2.93. The summed E-state index contributed by atoms with van der Waals surface area (Å²) in [6, 6.07) is 1.86. The first-order valence-corrected chi connectivity index (χ1v) is 6.48. The second kappa shape index (κ2) is 7.93. The highest BCUT2D eigenvalue weighted by Crippen LogP contribution is 2.16. The maximum atomic E-state index is 11.4. The van der Waals surface area contributed by atoms with Crippen LogP contribution in [0.4, 0.5) is 0 Å². The standard InChI is InChI=1S/C13H23N3O3/c1-10-8-11(19-12(10)13(18)15-14)9-16(2)6-4-3-5-7-17/h8,17H,3-7,9,14H2,1-2H3,(H,15,18). The second-order valence-corrected chi connectivity index (χ2v) is 4.72. The van der Waals surface area contributed by atoms with Crippen molar-refractivity contribution in [3.63, 3.8) is 0 Å². The van der Waals surface area contributed by atoms with Crippen molar-refractivity contribution in [1.29, 1.82) is 0 Å². The number of nitrogens with two attached hydrogens (primary N) is 1. The molecule has 0 saturated carbocycles. The van der Waals surface area contributed by atoms with Crippen LogP contribution in [0.25, 0.3) is 0 Å². The number of hydrazine groups is 1. The van der Waals surface area contributed by atoms with Gasteiger partial charge in [-0.05, 0) is 45.8 Å². The molecular formula is C13H23N3O3. The lowest BCUT2D eigenvalue weighted by atomic mass is 10.2. The average Bonchev–Trinajstić information content (AvgIpc) is 2.74. The molecule has 0 aliphatic carbocycles. The number of unbranched alkanes of at least 4 members (excludes halogenated alkanes) is 2. The van der Waals surface area contributed by atoms with Gasteiger partial charge in [-0.3, -0.25) is 15.1 Å². The molecule has 0 fully saturated rings. The Morgan fingerprint density at radius 3 is 2.84 bits per heavy atom. The molecule has 0 spiro atoms. The number of furan rings is 1. The Morgan fingerprint density at radius 1 is 1.47 bits per heavy atom. The number of aliphatic hydroxyl groups is 1. The molecule has 0 aromatic carbocycles. The van der Waals surface area contributed by atoms with Crippen molar-refractivity contribution in [1.82, 2.24) is 10.3 Å². The number of aryl methyl sites for hydroxylation is 1. The van der Waals surface area contributed by atoms with E-state index < -0.39 is 5.91 Å². The quantitative estimate of drug-likeness (QED) is 0.281. The summed E-state index contributed by atoms with van der Waals surface area (Å²) in [6.45, 7) is 3.65. The van der Waals surface area contributed by atoms with Gasteiger partial charge in [-0.25, -0.2) is 5.84 Å². The third-order valence-corrected chi connectivity index (χ3v) is 2.93. The van der Waals surface area contributed by atoms with E-state index in [1.165, 1.54) is 0 Å². The molecule has 108 valence electrons. The molecule has 0 saturated heterocycles. The summed E-state index contributed by atoms with van der Waals surface area (Å²) in [4.78, 5) is 13.5. The Kier molecular flexibility index (Phi) is 6.55. The van der Waals surface area contributed by atoms with Gasteiger partial charge in [-0.15, -0.1) is 0 Å². The molecule has 0 aliphatic rings. The minimum absolute atomic E-state index is 0.249. The van der Waals surface area contributed by atoms with Crippen LogP contribution >= 0.6 is 0 Å². The highest BCUT2D eigenvalue weighted by Gasteiger charge is 2.15. The number of carbonyl (C=O) groups is 1. The highest BCUT2D eigenvalue weighted by molar-refractivity contribution is 5.92. The summed E-state index contributed by atoms with van der Waals surface area (Å²) < 4.78 is 5.49. The molecule has 0 bridgehead atoms. The zero-order valence-electron chi connectivity index (χ0n) is 11.6. The van der Waals surface area contributed by atoms with Gasteiger partial charge in [0.25, 0.3) is 0 Å². The van der Waals surface area contributed by atoms with Crippen molar-refractivity contribution >= 4 is 5.91 Å². The fourth-order valence-corrected chi connectivity index (χ4v) is 1.93. The van der Waals surface area contributed by atoms with Gasteiger partial charge in [-0.1, -0.05) is 0 Å². The summed E-state index contributed by atoms with van der Waals surface area (Å²) in [6.07, 6.45) is 2.89. The molecule has 1 rings (SSSR count). The normalized spacial score (nSPS) is 11.0. The summed E-state index contributed by atoms with van der Waals surface area (Å²) in [5, 5.41) is 8.70. The SMILES string of the molecule is Cc1cc(CN(C)CCCCCO)oc1C(=O)NN. The number of carbonyl (C=O) groups excluding carboxylic acids is 1. The van der Waals surface area contributed by atoms with Crippen molar-refractivity contribution in [2.75, 3.05) is 20.2 Å². The fourth-order valence-electron chi connectivity index (χ4n) is 1.93. The fraction of sp³-hybridized carbons (Fsp3) is 0.615. The van der Waals surface area contributed by atoms with Crippen LogP contribution in [0.3, 0.4) is 0 Å². The van der Waals surface area contributed by atoms with Crippen molar-refractivity contribution in [3.8, 4) is 0 Å². The van der Waals surface area contributed by atoms with Crippen LogP contribution in [0.15, 0.2) is 10.5 Å². The lowest BCUT2D eigenvalue weighted by Crippen LogP contribution is -2.30. The Balaban J connectivity index is 2.46. The van der Waals surface area contributed by atoms with Crippen LogP contribution < -0.4 is 11.3 Å². The van der Waals surface area contributed by atoms with Crippen molar-refractivity contribution in [2.45, 2.75) is 32.7 Å². The molecule has 0 radical (unpaired) electrons. The van der Waals surface area contributed by atoms with E-state index >= 15 is 0 Å². The van der Waals surface area contributed by atoms with Crippen LogP contribution in [0, 0.1) is 6.92 Å². The van der Waals surface area contributed by atoms with E-state index in [1.54, 1.807) is 0 Å². The van der Waals surface area contributed by atoms with E-state index in [1.807, 2.05) is 20.0 Å². The van der Waals surface area contributed by atoms with E-state index in [0.29, 0.717) is 6.54 Å². The molecule has 1 aromatic rings. The Morgan fingerprint density at radius 2 is 2.21 bits per heavy atom. The van der Waals surface area contributed by atoms with E-state index in [2.05, 4.69) is 10.3 Å². The first kappa shape index (κ1) is 15.7. The largest absolute Gasteiger partial charge is 0.454 e. The molecule has 6 heteroatoms. The molecule has 1 heterocycles. The maximum Gasteiger partial charge on any atom is 0.301 e. The van der Waals surface area contributed by atoms with Gasteiger partial charge in [0.2, 0.25) is 0 Å². The van der Waals surface area contributed by atoms with E-state index in [-0.39, 0.29) is 12.4 Å². The molecule has 4 N–H and O–H groups in total. The number of nitrogens with one attached hydrogen (secondary N) is 1. The van der Waals surface area contributed by atoms with Crippen molar-refractivity contribution < 1.29 is 14.3 Å². The Bertz CT molecular complexity index is 404. The molecule has 0 unspecified atom stereocenters. The molecular weight excluding hydrogens is 246 g/mol. The molecule has 1 aromatic heterocycles. The molecule has 0 aliphatic heterocycles. The maximum absolute atomic E-state index is 11.4. The number of nitrogens with zero attached hydrogens (tertiary/aromatic N) is 1. The monoisotopic (exact) mass is 269 g/mol. The topological polar surface area (TPSA) is 91.7 Å². The van der Waals surface area contributed by atoms with Crippen molar-refractivity contribution in [3.05, 3.63) is 23.2 Å². The average molecular weight is 269 g/mol. The molecule has 6 nitrogen and oxygen atoms in total. The van der Waals surface area contributed by atoms with Crippen LogP contribution in [0.1, 0.15) is 41.1 Å². The third kappa shape index (κ3) is 5.02. The number of aliphatic hydroxyl groups excluding tert-OH is 1. The van der Waals surface area contributed by atoms with Gasteiger partial charge >= 0.3 is 5.91 Å². The summed E-state index contributed by atoms with van der Waals surface area (Å²) in [5.41, 5.74) is 2.85. The number of nitrogen functional groups attached to an aromatic ring is 1. The second-order valence-electron chi connectivity index (χ2n) is 4.72. The van der Waals surface area contributed by atoms with Crippen LogP contribution in [-0.4, -0.2) is 36.1 Å². The Hall–Kier alpha value is -1.37. The summed E-state index contributed by atoms with van der Waals surface area (Å²) in [7, 11) is 2.00. The van der Waals surface area contributed by atoms with Gasteiger partial charge < -0.3 is 9.52 Å². The van der Waals surface area contributed by atoms with E-state index in [9.17, 15) is 4.79 Å². The van der Waals surface area contributed by atoms with Gasteiger partial charge in [0.1, 0.15) is 5.76 Å². The molecule has 1 amide bonds. The minimum atomic E-state index is -0.408. The molecule has 19 heavy (non-hydrogen) atoms. The number of hydrogen-bond acceptors (Lipinski definition) is 5. The van der Waals surface area contributed by atoms with Crippen LogP contribution in [-0.2, 0) is 6.54 Å². The first-order chi connectivity index (χ1) is 9.08. The number of amides is 1. The van der Waals surface area contributed by atoms with Crippen LogP contribution in [0.5, 0.6) is 0 Å². The summed E-state index contributed by atoms with van der Waals surface area (Å²) >= 11 is 0. The van der Waals surface area contributed by atoms with Gasteiger partial charge in [0, 0.05) is 12.2 Å². The highest BCUT2D eigenvalue weighted by atomic mass is 16.4. The number of rotatable bonds is 8. The van der Waals surface area contributed by atoms with Crippen molar-refractivity contribution in [2.24, 2.45) is 5.84 Å². The first-order valence-electron chi connectivity index (χ1n) is 6.48. The number of hydrogen-bond donors (Lipinski definition) is 3. The zero-order chi connectivity index (χ0) is 14.3. The van der Waals surface area contributed by atoms with Gasteiger partial charge in [-0.2, -0.15) is 0 Å². The lowest BCUT2D eigenvalue weighted by molar-refractivity contribution is 0.0921. The zero-order valence-corrected chi connectivity index (χ0v) is 11.6. The van der Waals surface area contributed by atoms with Gasteiger partial charge in [0.15, 0.2) is 5.76 Å². The van der Waals surface area contributed by atoms with Crippen LogP contribution in [0.2, 0.25) is 0 Å². The van der Waals surface area contributed by atoms with E-state index in [0.717, 1.165) is 37.1 Å². The molecule has 0 atom stereocenters. The lowest BCUT2D eigenvalue weighted by Gasteiger charge is -2.14. The predicted octanol–water partition coefficient (Wildman–Crippen LogP) is 0.786. The Labute approximate surface area is 113 Å². The summed E-state index contributed by atoms with van der Waals surface area (Å²) in [5.74, 6) is 5.70. The predicted molar refractivity (Wildman–Crippen MR) is 72.4 cm³/mol.